The number of rotatable bonds is 4. The summed E-state index contributed by atoms with van der Waals surface area (Å²) in [7, 11) is 1.67. The van der Waals surface area contributed by atoms with E-state index in [9.17, 15) is 0 Å². The summed E-state index contributed by atoms with van der Waals surface area (Å²) >= 11 is 5.53. The van der Waals surface area contributed by atoms with Gasteiger partial charge in [0.15, 0.2) is 5.11 Å². The Morgan fingerprint density at radius 2 is 1.88 bits per heavy atom. The quantitative estimate of drug-likeness (QED) is 0.860. The summed E-state index contributed by atoms with van der Waals surface area (Å²) < 4.78 is 5.17. The van der Waals surface area contributed by atoms with E-state index in [4.69, 9.17) is 17.0 Å². The fourth-order valence-electron chi connectivity index (χ4n) is 2.71. The Hall–Kier alpha value is -2.34. The average Bonchev–Trinajstić information content (AvgIpc) is 2.67. The van der Waals surface area contributed by atoms with E-state index in [1.807, 2.05) is 42.6 Å². The number of anilines is 1. The number of thiocarbonyl (C=S) groups is 1. The maximum atomic E-state index is 5.53. The normalized spacial score (nSPS) is 14.4. The van der Waals surface area contributed by atoms with Crippen molar-refractivity contribution in [1.82, 2.24) is 15.2 Å². The lowest BCUT2D eigenvalue weighted by Crippen LogP contribution is -2.51. The van der Waals surface area contributed by atoms with E-state index in [1.165, 1.54) is 5.56 Å². The molecule has 1 saturated heterocycles. The van der Waals surface area contributed by atoms with Crippen LogP contribution in [0.25, 0.3) is 0 Å². The molecule has 0 bridgehead atoms. The molecular weight excluding hydrogens is 320 g/mol. The van der Waals surface area contributed by atoms with Crippen molar-refractivity contribution in [3.8, 4) is 5.75 Å². The molecule has 1 N–H and O–H groups in total. The highest BCUT2D eigenvalue weighted by molar-refractivity contribution is 7.80. The molecule has 1 fully saturated rings. The van der Waals surface area contributed by atoms with Gasteiger partial charge in [-0.1, -0.05) is 18.2 Å². The molecule has 0 amide bonds. The van der Waals surface area contributed by atoms with E-state index in [2.05, 4.69) is 26.2 Å². The molecule has 1 aromatic carbocycles. The molecule has 0 aliphatic carbocycles. The fourth-order valence-corrected chi connectivity index (χ4v) is 2.97. The standard InChI is InChI=1S/C18H22N4OS/c1-23-16-7-5-15(6-8-16)14-20-18(24)22-12-10-21(11-13-22)17-4-2-3-9-19-17/h2-9H,10-14H2,1H3,(H,20,24). The minimum atomic E-state index is 0.725. The Morgan fingerprint density at radius 3 is 2.50 bits per heavy atom. The van der Waals surface area contributed by atoms with Crippen molar-refractivity contribution in [2.24, 2.45) is 0 Å². The predicted molar refractivity (Wildman–Crippen MR) is 100 cm³/mol. The molecule has 0 saturated carbocycles. The molecule has 0 atom stereocenters. The molecule has 1 aromatic heterocycles. The molecule has 1 aliphatic heterocycles. The van der Waals surface area contributed by atoms with Crippen molar-refractivity contribution in [1.29, 1.82) is 0 Å². The summed E-state index contributed by atoms with van der Waals surface area (Å²) in [6.07, 6.45) is 1.84. The summed E-state index contributed by atoms with van der Waals surface area (Å²) in [6, 6.07) is 14.0. The number of piperazine rings is 1. The number of ether oxygens (including phenoxy) is 1. The Bertz CT molecular complexity index is 654. The lowest BCUT2D eigenvalue weighted by atomic mass is 10.2. The molecule has 24 heavy (non-hydrogen) atoms. The fraction of sp³-hybridized carbons (Fsp3) is 0.333. The zero-order valence-electron chi connectivity index (χ0n) is 13.8. The van der Waals surface area contributed by atoms with E-state index in [0.717, 1.165) is 49.4 Å². The number of hydrogen-bond acceptors (Lipinski definition) is 4. The summed E-state index contributed by atoms with van der Waals surface area (Å²) in [5, 5.41) is 4.15. The second-order valence-electron chi connectivity index (χ2n) is 5.67. The van der Waals surface area contributed by atoms with Gasteiger partial charge in [0.05, 0.1) is 7.11 Å². The maximum absolute atomic E-state index is 5.53. The molecular formula is C18H22N4OS. The first-order valence-corrected chi connectivity index (χ1v) is 8.49. The number of nitrogens with one attached hydrogen (secondary N) is 1. The Kier molecular flexibility index (Phi) is 5.48. The van der Waals surface area contributed by atoms with Crippen LogP contribution in [0.1, 0.15) is 5.56 Å². The van der Waals surface area contributed by atoms with E-state index in [-0.39, 0.29) is 0 Å². The summed E-state index contributed by atoms with van der Waals surface area (Å²) in [5.41, 5.74) is 1.19. The van der Waals surface area contributed by atoms with Gasteiger partial charge in [-0.15, -0.1) is 0 Å². The summed E-state index contributed by atoms with van der Waals surface area (Å²) in [4.78, 5) is 8.93. The van der Waals surface area contributed by atoms with Crippen molar-refractivity contribution in [2.45, 2.75) is 6.54 Å². The van der Waals surface area contributed by atoms with Gasteiger partial charge in [0.2, 0.25) is 0 Å². The van der Waals surface area contributed by atoms with Crippen molar-refractivity contribution in [3.63, 3.8) is 0 Å². The number of methoxy groups -OCH3 is 1. The highest BCUT2D eigenvalue weighted by atomic mass is 32.1. The number of benzene rings is 1. The Balaban J connectivity index is 1.46. The predicted octanol–water partition coefficient (Wildman–Crippen LogP) is 2.29. The zero-order valence-corrected chi connectivity index (χ0v) is 14.6. The highest BCUT2D eigenvalue weighted by Gasteiger charge is 2.19. The number of pyridine rings is 1. The largest absolute Gasteiger partial charge is 0.497 e. The number of hydrogen-bond donors (Lipinski definition) is 1. The summed E-state index contributed by atoms with van der Waals surface area (Å²) in [6.45, 7) is 4.40. The molecule has 0 radical (unpaired) electrons. The van der Waals surface area contributed by atoms with Gasteiger partial charge in [-0.3, -0.25) is 0 Å². The van der Waals surface area contributed by atoms with Crippen LogP contribution in [0, 0.1) is 0 Å². The lowest BCUT2D eigenvalue weighted by Gasteiger charge is -2.36. The van der Waals surface area contributed by atoms with E-state index in [1.54, 1.807) is 7.11 Å². The van der Waals surface area contributed by atoms with Gasteiger partial charge >= 0.3 is 0 Å². The first-order valence-electron chi connectivity index (χ1n) is 8.08. The summed E-state index contributed by atoms with van der Waals surface area (Å²) in [5.74, 6) is 1.90. The van der Waals surface area contributed by atoms with Gasteiger partial charge in [-0.25, -0.2) is 4.98 Å². The SMILES string of the molecule is COc1ccc(CNC(=S)N2CCN(c3ccccn3)CC2)cc1. The average molecular weight is 342 g/mol. The molecule has 0 spiro atoms. The van der Waals surface area contributed by atoms with Crippen LogP contribution >= 0.6 is 12.2 Å². The second kappa shape index (κ2) is 7.97. The molecule has 0 unspecified atom stereocenters. The van der Waals surface area contributed by atoms with Crippen LogP contribution in [0.5, 0.6) is 5.75 Å². The van der Waals surface area contributed by atoms with Gasteiger partial charge in [0, 0.05) is 38.9 Å². The molecule has 1 aliphatic rings. The van der Waals surface area contributed by atoms with E-state index >= 15 is 0 Å². The van der Waals surface area contributed by atoms with Crippen molar-refractivity contribution < 1.29 is 4.74 Å². The van der Waals surface area contributed by atoms with Gasteiger partial charge in [-0.05, 0) is 42.0 Å². The monoisotopic (exact) mass is 342 g/mol. The molecule has 6 heteroatoms. The topological polar surface area (TPSA) is 40.6 Å². The van der Waals surface area contributed by atoms with Crippen molar-refractivity contribution in [2.75, 3.05) is 38.2 Å². The van der Waals surface area contributed by atoms with Crippen LogP contribution < -0.4 is 15.0 Å². The molecule has 3 rings (SSSR count). The second-order valence-corrected chi connectivity index (χ2v) is 6.06. The smallest absolute Gasteiger partial charge is 0.169 e. The van der Waals surface area contributed by atoms with Gasteiger partial charge < -0.3 is 19.9 Å². The zero-order chi connectivity index (χ0) is 16.8. The molecule has 2 aromatic rings. The third kappa shape index (κ3) is 4.14. The first-order chi connectivity index (χ1) is 11.8. The Morgan fingerprint density at radius 1 is 1.12 bits per heavy atom. The third-order valence-electron chi connectivity index (χ3n) is 4.14. The van der Waals surface area contributed by atoms with Crippen molar-refractivity contribution in [3.05, 3.63) is 54.2 Å². The Labute approximate surface area is 148 Å². The van der Waals surface area contributed by atoms with Crippen LogP contribution in [-0.4, -0.2) is 48.3 Å². The van der Waals surface area contributed by atoms with Crippen molar-refractivity contribution >= 4 is 23.1 Å². The molecule has 126 valence electrons. The highest BCUT2D eigenvalue weighted by Crippen LogP contribution is 2.13. The van der Waals surface area contributed by atoms with E-state index in [0.29, 0.717) is 0 Å². The number of aromatic nitrogens is 1. The minimum absolute atomic E-state index is 0.725. The number of nitrogens with zero attached hydrogens (tertiary/aromatic N) is 3. The van der Waals surface area contributed by atoms with Crippen LogP contribution in [0.3, 0.4) is 0 Å². The van der Waals surface area contributed by atoms with Crippen LogP contribution in [-0.2, 0) is 6.54 Å². The lowest BCUT2D eigenvalue weighted by molar-refractivity contribution is 0.379. The van der Waals surface area contributed by atoms with Gasteiger partial charge in [-0.2, -0.15) is 0 Å². The maximum Gasteiger partial charge on any atom is 0.169 e. The minimum Gasteiger partial charge on any atom is -0.497 e. The van der Waals surface area contributed by atoms with Crippen LogP contribution in [0.2, 0.25) is 0 Å². The van der Waals surface area contributed by atoms with Crippen LogP contribution in [0.15, 0.2) is 48.7 Å². The molecule has 5 nitrogen and oxygen atoms in total. The third-order valence-corrected chi connectivity index (χ3v) is 4.55. The van der Waals surface area contributed by atoms with Gasteiger partial charge in [0.1, 0.15) is 11.6 Å². The van der Waals surface area contributed by atoms with Gasteiger partial charge in [0.25, 0.3) is 0 Å². The molecule has 2 heterocycles. The van der Waals surface area contributed by atoms with E-state index < -0.39 is 0 Å². The van der Waals surface area contributed by atoms with Crippen LogP contribution in [0.4, 0.5) is 5.82 Å². The first kappa shape index (κ1) is 16.5.